The predicted molar refractivity (Wildman–Crippen MR) is 110 cm³/mol. The molecule has 0 radical (unpaired) electrons. The third kappa shape index (κ3) is 7.52. The summed E-state index contributed by atoms with van der Waals surface area (Å²) in [4.78, 5) is 16.4. The van der Waals surface area contributed by atoms with Gasteiger partial charge in [0.05, 0.1) is 6.54 Å². The van der Waals surface area contributed by atoms with E-state index in [1.807, 2.05) is 32.0 Å². The minimum Gasteiger partial charge on any atom is -0.357 e. The third-order valence-corrected chi connectivity index (χ3v) is 3.83. The van der Waals surface area contributed by atoms with Crippen molar-refractivity contribution in [1.82, 2.24) is 10.6 Å². The minimum atomic E-state index is -0.0172. The molecule has 0 aliphatic heterocycles. The number of rotatable bonds is 6. The van der Waals surface area contributed by atoms with E-state index in [2.05, 4.69) is 36.9 Å². The Hall–Kier alpha value is -0.830. The largest absolute Gasteiger partial charge is 0.357 e. The lowest BCUT2D eigenvalue weighted by Gasteiger charge is -2.10. The first kappa shape index (κ1) is 20.2. The molecule has 128 valence electrons. The number of carbonyl (C=O) groups is 1. The van der Waals surface area contributed by atoms with Crippen LogP contribution in [0.5, 0.6) is 0 Å². The lowest BCUT2D eigenvalue weighted by atomic mass is 10.2. The van der Waals surface area contributed by atoms with Gasteiger partial charge in [-0.2, -0.15) is 0 Å². The number of aliphatic imine (C=N–C) groups is 1. The van der Waals surface area contributed by atoms with Crippen LogP contribution in [0.1, 0.15) is 31.7 Å². The van der Waals surface area contributed by atoms with Crippen LogP contribution < -0.4 is 16.0 Å². The van der Waals surface area contributed by atoms with E-state index < -0.39 is 0 Å². The molecule has 0 aromatic heterocycles. The van der Waals surface area contributed by atoms with Crippen LogP contribution in [0, 0.1) is 6.92 Å². The summed E-state index contributed by atoms with van der Waals surface area (Å²) in [5, 5.41) is 9.45. The Morgan fingerprint density at radius 3 is 2.74 bits per heavy atom. The number of amides is 1. The van der Waals surface area contributed by atoms with Crippen LogP contribution in [-0.4, -0.2) is 31.0 Å². The number of nitrogens with one attached hydrogen (secondary N) is 3. The van der Waals surface area contributed by atoms with E-state index in [1.54, 1.807) is 0 Å². The third-order valence-electron chi connectivity index (χ3n) is 3.33. The quantitative estimate of drug-likeness (QED) is 0.322. The van der Waals surface area contributed by atoms with E-state index in [-0.39, 0.29) is 29.9 Å². The van der Waals surface area contributed by atoms with Gasteiger partial charge in [0.15, 0.2) is 5.96 Å². The summed E-state index contributed by atoms with van der Waals surface area (Å²) in [6.45, 7) is 5.31. The predicted octanol–water partition coefficient (Wildman–Crippen LogP) is 3.42. The summed E-state index contributed by atoms with van der Waals surface area (Å²) in [5.41, 5.74) is 1.88. The molecule has 5 nitrogen and oxygen atoms in total. The summed E-state index contributed by atoms with van der Waals surface area (Å²) < 4.78 is 1.01. The number of nitrogens with zero attached hydrogens (tertiary/aromatic N) is 1. The van der Waals surface area contributed by atoms with Gasteiger partial charge in [-0.1, -0.05) is 15.9 Å². The van der Waals surface area contributed by atoms with E-state index in [4.69, 9.17) is 0 Å². The number of benzene rings is 1. The Labute approximate surface area is 163 Å². The molecule has 3 N–H and O–H groups in total. The molecule has 1 saturated carbocycles. The molecular formula is C16H24BrIN4O. The Morgan fingerprint density at radius 2 is 2.13 bits per heavy atom. The van der Waals surface area contributed by atoms with Crippen molar-refractivity contribution in [2.24, 2.45) is 4.99 Å². The first-order valence-corrected chi connectivity index (χ1v) is 8.48. The highest BCUT2D eigenvalue weighted by molar-refractivity contribution is 14.0. The topological polar surface area (TPSA) is 65.5 Å². The van der Waals surface area contributed by atoms with Crippen molar-refractivity contribution in [3.63, 3.8) is 0 Å². The summed E-state index contributed by atoms with van der Waals surface area (Å²) in [7, 11) is 0. The zero-order valence-electron chi connectivity index (χ0n) is 13.5. The zero-order valence-corrected chi connectivity index (χ0v) is 17.4. The number of halogens is 2. The SMILES string of the molecule is CCNC(=NCCC(=O)Nc1ccc(Br)cc1C)NC1CC1.I. The molecule has 2 rings (SSSR count). The number of guanidine groups is 1. The van der Waals surface area contributed by atoms with Gasteiger partial charge >= 0.3 is 0 Å². The number of hydrogen-bond acceptors (Lipinski definition) is 2. The van der Waals surface area contributed by atoms with E-state index in [0.29, 0.717) is 19.0 Å². The Balaban J connectivity index is 0.00000264. The molecule has 1 aliphatic rings. The maximum Gasteiger partial charge on any atom is 0.226 e. The van der Waals surface area contributed by atoms with Crippen molar-refractivity contribution in [3.05, 3.63) is 28.2 Å². The van der Waals surface area contributed by atoms with Crippen molar-refractivity contribution in [1.29, 1.82) is 0 Å². The molecule has 0 unspecified atom stereocenters. The normalized spacial score (nSPS) is 14.0. The minimum absolute atomic E-state index is 0. The molecule has 1 fully saturated rings. The Kier molecular flexibility index (Phi) is 8.90. The highest BCUT2D eigenvalue weighted by Crippen LogP contribution is 2.20. The Bertz CT molecular complexity index is 561. The summed E-state index contributed by atoms with van der Waals surface area (Å²) in [6, 6.07) is 6.36. The maximum absolute atomic E-state index is 12.0. The lowest BCUT2D eigenvalue weighted by Crippen LogP contribution is -2.38. The second-order valence-corrected chi connectivity index (χ2v) is 6.35. The Morgan fingerprint density at radius 1 is 1.39 bits per heavy atom. The summed E-state index contributed by atoms with van der Waals surface area (Å²) in [5.74, 6) is 0.786. The number of hydrogen-bond donors (Lipinski definition) is 3. The van der Waals surface area contributed by atoms with Crippen LogP contribution in [0.2, 0.25) is 0 Å². The molecule has 0 heterocycles. The summed E-state index contributed by atoms with van der Waals surface area (Å²) in [6.07, 6.45) is 2.78. The van der Waals surface area contributed by atoms with E-state index in [1.165, 1.54) is 12.8 Å². The number of carbonyl (C=O) groups excluding carboxylic acids is 1. The zero-order chi connectivity index (χ0) is 15.9. The molecule has 1 aromatic carbocycles. The fraction of sp³-hybridized carbons (Fsp3) is 0.500. The van der Waals surface area contributed by atoms with Gasteiger partial charge in [-0.05, 0) is 50.5 Å². The van der Waals surface area contributed by atoms with Gasteiger partial charge in [0.25, 0.3) is 0 Å². The fourth-order valence-corrected chi connectivity index (χ4v) is 2.47. The molecule has 0 atom stereocenters. The molecule has 0 bridgehead atoms. The average molecular weight is 495 g/mol. The average Bonchev–Trinajstić information content (AvgIpc) is 3.26. The van der Waals surface area contributed by atoms with Gasteiger partial charge in [0, 0.05) is 29.2 Å². The van der Waals surface area contributed by atoms with Crippen LogP contribution >= 0.6 is 39.9 Å². The van der Waals surface area contributed by atoms with Gasteiger partial charge in [-0.25, -0.2) is 0 Å². The molecular weight excluding hydrogens is 471 g/mol. The van der Waals surface area contributed by atoms with E-state index >= 15 is 0 Å². The molecule has 7 heteroatoms. The van der Waals surface area contributed by atoms with Gasteiger partial charge in [-0.15, -0.1) is 24.0 Å². The summed E-state index contributed by atoms with van der Waals surface area (Å²) >= 11 is 3.42. The molecule has 0 spiro atoms. The molecule has 1 aromatic rings. The van der Waals surface area contributed by atoms with Gasteiger partial charge in [0.2, 0.25) is 5.91 Å². The van der Waals surface area contributed by atoms with E-state index in [9.17, 15) is 4.79 Å². The molecule has 1 amide bonds. The van der Waals surface area contributed by atoms with Crippen molar-refractivity contribution in [2.75, 3.05) is 18.4 Å². The second-order valence-electron chi connectivity index (χ2n) is 5.44. The van der Waals surface area contributed by atoms with Crippen LogP contribution in [0.3, 0.4) is 0 Å². The lowest BCUT2D eigenvalue weighted by molar-refractivity contribution is -0.116. The van der Waals surface area contributed by atoms with Crippen molar-refractivity contribution < 1.29 is 4.79 Å². The van der Waals surface area contributed by atoms with Gasteiger partial charge in [0.1, 0.15) is 0 Å². The first-order valence-electron chi connectivity index (χ1n) is 7.69. The van der Waals surface area contributed by atoms with Crippen molar-refractivity contribution in [2.45, 2.75) is 39.2 Å². The highest BCUT2D eigenvalue weighted by atomic mass is 127. The second kappa shape index (κ2) is 10.1. The van der Waals surface area contributed by atoms with Crippen LogP contribution in [0.25, 0.3) is 0 Å². The fourth-order valence-electron chi connectivity index (χ4n) is 1.99. The van der Waals surface area contributed by atoms with Crippen LogP contribution in [0.15, 0.2) is 27.7 Å². The molecule has 1 aliphatic carbocycles. The monoisotopic (exact) mass is 494 g/mol. The molecule has 0 saturated heterocycles. The van der Waals surface area contributed by atoms with Crippen LogP contribution in [-0.2, 0) is 4.79 Å². The van der Waals surface area contributed by atoms with Crippen LogP contribution in [0.4, 0.5) is 5.69 Å². The number of anilines is 1. The van der Waals surface area contributed by atoms with E-state index in [0.717, 1.165) is 28.2 Å². The van der Waals surface area contributed by atoms with Crippen molar-refractivity contribution >= 4 is 57.5 Å². The molecule has 23 heavy (non-hydrogen) atoms. The van der Waals surface area contributed by atoms with Crippen molar-refractivity contribution in [3.8, 4) is 0 Å². The van der Waals surface area contributed by atoms with Gasteiger partial charge < -0.3 is 16.0 Å². The highest BCUT2D eigenvalue weighted by Gasteiger charge is 2.22. The van der Waals surface area contributed by atoms with Gasteiger partial charge in [-0.3, -0.25) is 9.79 Å². The first-order chi connectivity index (χ1) is 10.6. The smallest absolute Gasteiger partial charge is 0.226 e. The standard InChI is InChI=1S/C16H23BrN4O.HI/c1-3-18-16(20-13-5-6-13)19-9-8-15(22)21-14-7-4-12(17)10-11(14)2;/h4,7,10,13H,3,5-6,8-9H2,1-2H3,(H,21,22)(H2,18,19,20);1H. The number of aryl methyl sites for hydroxylation is 1. The maximum atomic E-state index is 12.0.